The molecular weight excluding hydrogens is 176 g/mol. The fourth-order valence-corrected chi connectivity index (χ4v) is 1.81. The molecule has 14 heavy (non-hydrogen) atoms. The van der Waals surface area contributed by atoms with Crippen LogP contribution >= 0.6 is 0 Å². The molecule has 0 amide bonds. The molecule has 0 aromatic carbocycles. The van der Waals surface area contributed by atoms with Crippen molar-refractivity contribution >= 4 is 0 Å². The van der Waals surface area contributed by atoms with Crippen LogP contribution in [0.1, 0.15) is 44.2 Å². The summed E-state index contributed by atoms with van der Waals surface area (Å²) in [6.45, 7) is 7.13. The second kappa shape index (κ2) is 5.15. The molecule has 0 spiro atoms. The van der Waals surface area contributed by atoms with Gasteiger partial charge in [0.05, 0.1) is 11.7 Å². The zero-order valence-corrected chi connectivity index (χ0v) is 9.58. The zero-order chi connectivity index (χ0) is 10.6. The fraction of sp³-hybridized carbons (Fsp3) is 0.727. The van der Waals surface area contributed by atoms with Crippen LogP contribution in [0.25, 0.3) is 0 Å². The average molecular weight is 196 g/mol. The van der Waals surface area contributed by atoms with E-state index in [0.29, 0.717) is 6.04 Å². The minimum absolute atomic E-state index is 0.464. The molecule has 1 atom stereocenters. The molecule has 2 rings (SSSR count). The summed E-state index contributed by atoms with van der Waals surface area (Å²) in [5.41, 5.74) is 0.977. The third-order valence-electron chi connectivity index (χ3n) is 2.50. The first-order valence-corrected chi connectivity index (χ1v) is 5.41. The third-order valence-corrected chi connectivity index (χ3v) is 2.50. The summed E-state index contributed by atoms with van der Waals surface area (Å²) in [6.07, 6.45) is 2.46. The summed E-state index contributed by atoms with van der Waals surface area (Å²) in [4.78, 5) is 2.32. The van der Waals surface area contributed by atoms with Crippen molar-refractivity contribution in [3.8, 4) is 0 Å². The molecule has 0 bridgehead atoms. The highest BCUT2D eigenvalue weighted by Crippen LogP contribution is 2.30. The zero-order valence-electron chi connectivity index (χ0n) is 9.58. The Balaban J connectivity index is 0.000000461. The number of hydrogen-bond donors (Lipinski definition) is 0. The molecule has 0 saturated carbocycles. The Morgan fingerprint density at radius 1 is 1.50 bits per heavy atom. The maximum absolute atomic E-state index is 5.23. The number of hydrogen-bond acceptors (Lipinski definition) is 3. The van der Waals surface area contributed by atoms with Crippen LogP contribution in [0.15, 0.2) is 10.6 Å². The van der Waals surface area contributed by atoms with E-state index in [1.165, 1.54) is 19.4 Å². The van der Waals surface area contributed by atoms with Crippen LogP contribution in [0.4, 0.5) is 0 Å². The molecule has 0 N–H and O–H groups in total. The van der Waals surface area contributed by atoms with Crippen molar-refractivity contribution in [2.24, 2.45) is 0 Å². The van der Waals surface area contributed by atoms with Crippen molar-refractivity contribution in [3.63, 3.8) is 0 Å². The molecule has 1 aliphatic rings. The van der Waals surface area contributed by atoms with E-state index in [-0.39, 0.29) is 0 Å². The van der Waals surface area contributed by atoms with Gasteiger partial charge in [-0.15, -0.1) is 0 Å². The van der Waals surface area contributed by atoms with Crippen LogP contribution in [0.2, 0.25) is 0 Å². The molecule has 1 aromatic rings. The lowest BCUT2D eigenvalue weighted by molar-refractivity contribution is 0.251. The van der Waals surface area contributed by atoms with E-state index < -0.39 is 0 Å². The molecule has 1 fully saturated rings. The van der Waals surface area contributed by atoms with Crippen LogP contribution in [-0.2, 0) is 0 Å². The lowest BCUT2D eigenvalue weighted by atomic mass is 10.1. The highest BCUT2D eigenvalue weighted by molar-refractivity contribution is 5.09. The Morgan fingerprint density at radius 2 is 2.21 bits per heavy atom. The SMILES string of the molecule is CC.Cc1cc(C2CCCN2C)on1. The molecule has 0 aliphatic carbocycles. The predicted octanol–water partition coefficient (Wildman–Crippen LogP) is 2.78. The Hall–Kier alpha value is -0.830. The molecule has 1 aliphatic heterocycles. The Labute approximate surface area is 86.1 Å². The Kier molecular flexibility index (Phi) is 4.14. The smallest absolute Gasteiger partial charge is 0.154 e. The number of likely N-dealkylation sites (tertiary alicyclic amines) is 1. The van der Waals surface area contributed by atoms with Gasteiger partial charge in [0, 0.05) is 6.07 Å². The van der Waals surface area contributed by atoms with Crippen LogP contribution in [-0.4, -0.2) is 23.6 Å². The predicted molar refractivity (Wildman–Crippen MR) is 57.2 cm³/mol. The summed E-state index contributed by atoms with van der Waals surface area (Å²) in [5.74, 6) is 1.02. The lowest BCUT2D eigenvalue weighted by Gasteiger charge is -2.15. The number of rotatable bonds is 1. The minimum atomic E-state index is 0.464. The van der Waals surface area contributed by atoms with Gasteiger partial charge in [-0.1, -0.05) is 19.0 Å². The molecular formula is C11H20N2O. The number of aryl methyl sites for hydroxylation is 1. The van der Waals surface area contributed by atoms with E-state index in [2.05, 4.69) is 17.1 Å². The molecule has 0 radical (unpaired) electrons. The van der Waals surface area contributed by atoms with E-state index >= 15 is 0 Å². The van der Waals surface area contributed by atoms with Crippen molar-refractivity contribution in [1.29, 1.82) is 0 Å². The van der Waals surface area contributed by atoms with Crippen molar-refractivity contribution in [3.05, 3.63) is 17.5 Å². The van der Waals surface area contributed by atoms with E-state index in [0.717, 1.165) is 11.5 Å². The summed E-state index contributed by atoms with van der Waals surface area (Å²) < 4.78 is 5.23. The van der Waals surface area contributed by atoms with Gasteiger partial charge in [0.2, 0.25) is 0 Å². The molecule has 2 heterocycles. The number of nitrogens with zero attached hydrogens (tertiary/aromatic N) is 2. The maximum atomic E-state index is 5.23. The fourth-order valence-electron chi connectivity index (χ4n) is 1.81. The lowest BCUT2D eigenvalue weighted by Crippen LogP contribution is -2.16. The van der Waals surface area contributed by atoms with Gasteiger partial charge in [-0.3, -0.25) is 4.90 Å². The van der Waals surface area contributed by atoms with E-state index in [1.54, 1.807) is 0 Å². The third kappa shape index (κ3) is 2.35. The first kappa shape index (κ1) is 11.2. The summed E-state index contributed by atoms with van der Waals surface area (Å²) in [7, 11) is 2.13. The van der Waals surface area contributed by atoms with E-state index in [4.69, 9.17) is 4.52 Å². The van der Waals surface area contributed by atoms with Crippen LogP contribution in [0.3, 0.4) is 0 Å². The largest absolute Gasteiger partial charge is 0.359 e. The molecule has 80 valence electrons. The van der Waals surface area contributed by atoms with Crippen molar-refractivity contribution in [2.75, 3.05) is 13.6 Å². The maximum Gasteiger partial charge on any atom is 0.154 e. The van der Waals surface area contributed by atoms with Gasteiger partial charge in [-0.25, -0.2) is 0 Å². The molecule has 3 nitrogen and oxygen atoms in total. The van der Waals surface area contributed by atoms with Gasteiger partial charge >= 0.3 is 0 Å². The summed E-state index contributed by atoms with van der Waals surface area (Å²) >= 11 is 0. The van der Waals surface area contributed by atoms with Gasteiger partial charge < -0.3 is 4.52 Å². The Morgan fingerprint density at radius 3 is 2.64 bits per heavy atom. The molecule has 3 heteroatoms. The average Bonchev–Trinajstić information content (AvgIpc) is 2.78. The van der Waals surface area contributed by atoms with Crippen LogP contribution in [0, 0.1) is 6.92 Å². The molecule has 1 unspecified atom stereocenters. The molecule has 1 saturated heterocycles. The topological polar surface area (TPSA) is 29.3 Å². The monoisotopic (exact) mass is 196 g/mol. The summed E-state index contributed by atoms with van der Waals surface area (Å²) in [5, 5.41) is 3.89. The van der Waals surface area contributed by atoms with Gasteiger partial charge in [-0.2, -0.15) is 0 Å². The van der Waals surface area contributed by atoms with Crippen molar-refractivity contribution < 1.29 is 4.52 Å². The first-order valence-electron chi connectivity index (χ1n) is 5.41. The molecule has 1 aromatic heterocycles. The minimum Gasteiger partial charge on any atom is -0.359 e. The van der Waals surface area contributed by atoms with Crippen molar-refractivity contribution in [2.45, 2.75) is 39.7 Å². The standard InChI is InChI=1S/C9H14N2O.C2H6/c1-7-6-9(12-10-7)8-4-3-5-11(8)2;1-2/h6,8H,3-5H2,1-2H3;1-2H3. The normalized spacial score (nSPS) is 21.9. The highest BCUT2D eigenvalue weighted by atomic mass is 16.5. The van der Waals surface area contributed by atoms with E-state index in [9.17, 15) is 0 Å². The van der Waals surface area contributed by atoms with E-state index in [1.807, 2.05) is 26.8 Å². The van der Waals surface area contributed by atoms with Gasteiger partial charge in [0.25, 0.3) is 0 Å². The quantitative estimate of drug-likeness (QED) is 0.691. The van der Waals surface area contributed by atoms with Gasteiger partial charge in [0.1, 0.15) is 0 Å². The van der Waals surface area contributed by atoms with Crippen LogP contribution < -0.4 is 0 Å². The second-order valence-corrected chi connectivity index (χ2v) is 3.51. The van der Waals surface area contributed by atoms with Gasteiger partial charge in [-0.05, 0) is 33.4 Å². The first-order chi connectivity index (χ1) is 6.77. The van der Waals surface area contributed by atoms with Gasteiger partial charge in [0.15, 0.2) is 5.76 Å². The summed E-state index contributed by atoms with van der Waals surface area (Å²) in [6, 6.07) is 2.50. The number of aromatic nitrogens is 1. The van der Waals surface area contributed by atoms with Crippen molar-refractivity contribution in [1.82, 2.24) is 10.1 Å². The Bertz CT molecular complexity index is 270. The highest BCUT2D eigenvalue weighted by Gasteiger charge is 2.25. The second-order valence-electron chi connectivity index (χ2n) is 3.51. The van der Waals surface area contributed by atoms with Crippen LogP contribution in [0.5, 0.6) is 0 Å².